The fourth-order valence-electron chi connectivity index (χ4n) is 3.02. The minimum absolute atomic E-state index is 0.745. The van der Waals surface area contributed by atoms with E-state index in [0.717, 1.165) is 29.6 Å². The zero-order valence-electron chi connectivity index (χ0n) is 11.3. The largest absolute Gasteiger partial charge is 0.305 e. The number of likely N-dealkylation sites (tertiary alicyclic amines) is 1. The highest BCUT2D eigenvalue weighted by Gasteiger charge is 2.19. The fourth-order valence-corrected chi connectivity index (χ4v) is 3.18. The summed E-state index contributed by atoms with van der Waals surface area (Å²) in [6.45, 7) is 5.88. The molecule has 1 atom stereocenters. The van der Waals surface area contributed by atoms with Crippen molar-refractivity contribution in [3.8, 4) is 0 Å². The highest BCUT2D eigenvalue weighted by molar-refractivity contribution is 6.30. The molecule has 1 fully saturated rings. The van der Waals surface area contributed by atoms with Gasteiger partial charge in [-0.25, -0.2) is 4.98 Å². The van der Waals surface area contributed by atoms with Gasteiger partial charge in [0.2, 0.25) is 0 Å². The summed E-state index contributed by atoms with van der Waals surface area (Å²) in [5, 5.41) is 0.756. The molecule has 0 aliphatic carbocycles. The van der Waals surface area contributed by atoms with Gasteiger partial charge in [0.15, 0.2) is 0 Å². The lowest BCUT2D eigenvalue weighted by atomic mass is 9.94. The van der Waals surface area contributed by atoms with E-state index in [1.165, 1.54) is 31.6 Å². The maximum atomic E-state index is 6.00. The van der Waals surface area contributed by atoms with E-state index in [-0.39, 0.29) is 0 Å². The summed E-state index contributed by atoms with van der Waals surface area (Å²) in [6.07, 6.45) is 7.76. The molecule has 0 saturated carbocycles. The van der Waals surface area contributed by atoms with Crippen LogP contribution in [0.1, 0.15) is 25.5 Å². The molecule has 1 aliphatic heterocycles. The average Bonchev–Trinajstić information content (AvgIpc) is 2.80. The van der Waals surface area contributed by atoms with Crippen LogP contribution in [-0.4, -0.2) is 33.9 Å². The van der Waals surface area contributed by atoms with Gasteiger partial charge in [-0.3, -0.25) is 0 Å². The van der Waals surface area contributed by atoms with Crippen molar-refractivity contribution in [2.45, 2.75) is 26.2 Å². The lowest BCUT2D eigenvalue weighted by molar-refractivity contribution is 0.181. The molecule has 2 aromatic rings. The molecule has 0 aromatic carbocycles. The molecule has 0 bridgehead atoms. The maximum Gasteiger partial charge on any atom is 0.137 e. The Balaban J connectivity index is 1.74. The van der Waals surface area contributed by atoms with Crippen LogP contribution in [-0.2, 0) is 6.42 Å². The molecule has 1 aliphatic rings. The SMILES string of the molecule is CCN1CCCC(Cc2cn3cc(Cl)ccc3n2)C1. The third-order valence-corrected chi connectivity index (χ3v) is 4.24. The predicted molar refractivity (Wildman–Crippen MR) is 78.7 cm³/mol. The zero-order valence-corrected chi connectivity index (χ0v) is 12.1. The third-order valence-electron chi connectivity index (χ3n) is 4.01. The molecule has 0 N–H and O–H groups in total. The molecule has 2 aromatic heterocycles. The van der Waals surface area contributed by atoms with Crippen LogP contribution in [0.4, 0.5) is 0 Å². The van der Waals surface area contributed by atoms with Gasteiger partial charge in [0, 0.05) is 18.9 Å². The number of piperidine rings is 1. The average molecular weight is 278 g/mol. The van der Waals surface area contributed by atoms with Gasteiger partial charge >= 0.3 is 0 Å². The van der Waals surface area contributed by atoms with E-state index in [2.05, 4.69) is 23.0 Å². The van der Waals surface area contributed by atoms with Crippen molar-refractivity contribution in [1.82, 2.24) is 14.3 Å². The number of aromatic nitrogens is 2. The molecular weight excluding hydrogens is 258 g/mol. The summed E-state index contributed by atoms with van der Waals surface area (Å²) in [7, 11) is 0. The van der Waals surface area contributed by atoms with Gasteiger partial charge in [0.25, 0.3) is 0 Å². The van der Waals surface area contributed by atoms with Crippen molar-refractivity contribution in [2.24, 2.45) is 5.92 Å². The van der Waals surface area contributed by atoms with E-state index in [9.17, 15) is 0 Å². The molecule has 4 heteroatoms. The van der Waals surface area contributed by atoms with Crippen molar-refractivity contribution < 1.29 is 0 Å². The molecule has 3 heterocycles. The minimum atomic E-state index is 0.745. The number of hydrogen-bond acceptors (Lipinski definition) is 2. The Morgan fingerprint density at radius 1 is 1.37 bits per heavy atom. The first-order chi connectivity index (χ1) is 9.24. The van der Waals surface area contributed by atoms with Crippen LogP contribution in [0.15, 0.2) is 24.5 Å². The third kappa shape index (κ3) is 2.93. The smallest absolute Gasteiger partial charge is 0.137 e. The Morgan fingerprint density at radius 3 is 3.11 bits per heavy atom. The summed E-state index contributed by atoms with van der Waals surface area (Å²) in [5.41, 5.74) is 2.17. The second kappa shape index (κ2) is 5.51. The summed E-state index contributed by atoms with van der Waals surface area (Å²) in [4.78, 5) is 7.23. The topological polar surface area (TPSA) is 20.5 Å². The Hall–Kier alpha value is -1.06. The summed E-state index contributed by atoms with van der Waals surface area (Å²) in [6, 6.07) is 3.87. The normalized spacial score (nSPS) is 21.1. The van der Waals surface area contributed by atoms with E-state index >= 15 is 0 Å². The van der Waals surface area contributed by atoms with Gasteiger partial charge in [0.05, 0.1) is 10.7 Å². The first-order valence-electron chi connectivity index (χ1n) is 7.10. The van der Waals surface area contributed by atoms with Gasteiger partial charge < -0.3 is 9.30 Å². The van der Waals surface area contributed by atoms with E-state index in [0.29, 0.717) is 0 Å². The second-order valence-corrected chi connectivity index (χ2v) is 5.89. The van der Waals surface area contributed by atoms with Crippen molar-refractivity contribution in [2.75, 3.05) is 19.6 Å². The number of fused-ring (bicyclic) bond motifs is 1. The number of imidazole rings is 1. The monoisotopic (exact) mass is 277 g/mol. The maximum absolute atomic E-state index is 6.00. The predicted octanol–water partition coefficient (Wildman–Crippen LogP) is 3.26. The van der Waals surface area contributed by atoms with Crippen molar-refractivity contribution in [3.63, 3.8) is 0 Å². The van der Waals surface area contributed by atoms with Gasteiger partial charge in [-0.1, -0.05) is 18.5 Å². The Kier molecular flexibility index (Phi) is 3.76. The summed E-state index contributed by atoms with van der Waals surface area (Å²) >= 11 is 6.00. The standard InChI is InChI=1S/C15H20ClN3/c1-2-18-7-3-4-12(9-18)8-14-11-19-10-13(16)5-6-15(19)17-14/h5-6,10-12H,2-4,7-9H2,1H3. The van der Waals surface area contributed by atoms with E-state index in [1.807, 2.05) is 22.7 Å². The fraction of sp³-hybridized carbons (Fsp3) is 0.533. The number of halogens is 1. The van der Waals surface area contributed by atoms with E-state index in [4.69, 9.17) is 11.6 Å². The number of pyridine rings is 1. The Labute approximate surface area is 119 Å². The van der Waals surface area contributed by atoms with Crippen molar-refractivity contribution in [3.05, 3.63) is 35.2 Å². The van der Waals surface area contributed by atoms with E-state index in [1.54, 1.807) is 0 Å². The molecule has 19 heavy (non-hydrogen) atoms. The van der Waals surface area contributed by atoms with Crippen LogP contribution in [0.5, 0.6) is 0 Å². The molecule has 0 radical (unpaired) electrons. The molecule has 102 valence electrons. The quantitative estimate of drug-likeness (QED) is 0.858. The molecule has 3 nitrogen and oxygen atoms in total. The number of nitrogens with zero attached hydrogens (tertiary/aromatic N) is 3. The highest BCUT2D eigenvalue weighted by atomic mass is 35.5. The minimum Gasteiger partial charge on any atom is -0.305 e. The van der Waals surface area contributed by atoms with Crippen LogP contribution in [0, 0.1) is 5.92 Å². The van der Waals surface area contributed by atoms with Crippen LogP contribution >= 0.6 is 11.6 Å². The number of rotatable bonds is 3. The van der Waals surface area contributed by atoms with Gasteiger partial charge in [-0.05, 0) is 50.4 Å². The van der Waals surface area contributed by atoms with Crippen LogP contribution < -0.4 is 0 Å². The first kappa shape index (κ1) is 12.9. The van der Waals surface area contributed by atoms with E-state index < -0.39 is 0 Å². The molecule has 1 unspecified atom stereocenters. The van der Waals surface area contributed by atoms with Crippen molar-refractivity contribution >= 4 is 17.2 Å². The van der Waals surface area contributed by atoms with Gasteiger partial charge in [-0.2, -0.15) is 0 Å². The summed E-state index contributed by atoms with van der Waals surface area (Å²) in [5.74, 6) is 0.745. The zero-order chi connectivity index (χ0) is 13.2. The second-order valence-electron chi connectivity index (χ2n) is 5.45. The van der Waals surface area contributed by atoms with Gasteiger partial charge in [-0.15, -0.1) is 0 Å². The molecule has 0 amide bonds. The van der Waals surface area contributed by atoms with Crippen LogP contribution in [0.25, 0.3) is 5.65 Å². The Morgan fingerprint density at radius 2 is 2.26 bits per heavy atom. The lowest BCUT2D eigenvalue weighted by Crippen LogP contribution is -2.35. The van der Waals surface area contributed by atoms with Crippen LogP contribution in [0.2, 0.25) is 5.02 Å². The lowest BCUT2D eigenvalue weighted by Gasteiger charge is -2.31. The summed E-state index contributed by atoms with van der Waals surface area (Å²) < 4.78 is 2.03. The van der Waals surface area contributed by atoms with Crippen LogP contribution in [0.3, 0.4) is 0 Å². The first-order valence-corrected chi connectivity index (χ1v) is 7.48. The number of hydrogen-bond donors (Lipinski definition) is 0. The molecule has 0 spiro atoms. The molecule has 1 saturated heterocycles. The van der Waals surface area contributed by atoms with Crippen molar-refractivity contribution in [1.29, 1.82) is 0 Å². The molecule has 3 rings (SSSR count). The van der Waals surface area contributed by atoms with Gasteiger partial charge in [0.1, 0.15) is 5.65 Å². The molecular formula is C15H20ClN3. The Bertz CT molecular complexity index is 564. The highest BCUT2D eigenvalue weighted by Crippen LogP contribution is 2.21.